The van der Waals surface area contributed by atoms with Gasteiger partial charge in [-0.25, -0.2) is 0 Å². The Morgan fingerprint density at radius 2 is 1.85 bits per heavy atom. The third-order valence-electron chi connectivity index (χ3n) is 5.54. The summed E-state index contributed by atoms with van der Waals surface area (Å²) in [6.45, 7) is 4.40. The molecule has 2 heterocycles. The van der Waals surface area contributed by atoms with Crippen LogP contribution < -0.4 is 0 Å². The van der Waals surface area contributed by atoms with E-state index in [1.807, 2.05) is 55.4 Å². The maximum Gasteiger partial charge on any atom is 0.271 e. The zero-order chi connectivity index (χ0) is 19.1. The fraction of sp³-hybridized carbons (Fsp3) is 0.318. The van der Waals surface area contributed by atoms with Crippen molar-refractivity contribution in [3.05, 3.63) is 59.2 Å². The van der Waals surface area contributed by atoms with Gasteiger partial charge in [0.2, 0.25) is 0 Å². The highest BCUT2D eigenvalue weighted by Crippen LogP contribution is 2.38. The van der Waals surface area contributed by atoms with Crippen molar-refractivity contribution < 1.29 is 4.79 Å². The van der Waals surface area contributed by atoms with E-state index >= 15 is 0 Å². The van der Waals surface area contributed by atoms with Crippen LogP contribution in [-0.2, 0) is 6.54 Å². The Kier molecular flexibility index (Phi) is 4.70. The molecule has 4 nitrogen and oxygen atoms in total. The van der Waals surface area contributed by atoms with Crippen LogP contribution in [-0.4, -0.2) is 53.5 Å². The normalized spacial score (nSPS) is 15.4. The van der Waals surface area contributed by atoms with E-state index in [0.717, 1.165) is 47.4 Å². The molecule has 2 aromatic carbocycles. The molecule has 0 saturated carbocycles. The van der Waals surface area contributed by atoms with Crippen LogP contribution in [0.3, 0.4) is 0 Å². The first-order valence-corrected chi connectivity index (χ1v) is 9.68. The number of fused-ring (bicyclic) bond motifs is 3. The van der Waals surface area contributed by atoms with Gasteiger partial charge in [-0.05, 0) is 44.8 Å². The van der Waals surface area contributed by atoms with Gasteiger partial charge in [0.25, 0.3) is 5.91 Å². The Balaban J connectivity index is 1.89. The Morgan fingerprint density at radius 1 is 1.11 bits per heavy atom. The van der Waals surface area contributed by atoms with Crippen LogP contribution in [0.25, 0.3) is 22.0 Å². The molecule has 0 fully saturated rings. The number of likely N-dealkylation sites (N-methyl/N-ethyl adjacent to an activating group) is 1. The van der Waals surface area contributed by atoms with Crippen molar-refractivity contribution in [2.24, 2.45) is 0 Å². The molecule has 0 bridgehead atoms. The van der Waals surface area contributed by atoms with Gasteiger partial charge in [0.15, 0.2) is 0 Å². The molecule has 140 valence electrons. The summed E-state index contributed by atoms with van der Waals surface area (Å²) in [5.41, 5.74) is 3.88. The maximum absolute atomic E-state index is 13.5. The number of carbonyl (C=O) groups is 1. The molecule has 0 spiro atoms. The smallest absolute Gasteiger partial charge is 0.271 e. The van der Waals surface area contributed by atoms with Crippen LogP contribution in [0.2, 0.25) is 5.02 Å². The second-order valence-electron chi connectivity index (χ2n) is 7.47. The first-order valence-electron chi connectivity index (χ1n) is 9.30. The lowest BCUT2D eigenvalue weighted by atomic mass is 10.0. The van der Waals surface area contributed by atoms with Crippen molar-refractivity contribution in [3.8, 4) is 11.1 Å². The van der Waals surface area contributed by atoms with E-state index in [1.54, 1.807) is 0 Å². The van der Waals surface area contributed by atoms with Crippen LogP contribution in [0, 0.1) is 0 Å². The van der Waals surface area contributed by atoms with Crippen molar-refractivity contribution in [1.82, 2.24) is 14.4 Å². The number of halogens is 1. The zero-order valence-electron chi connectivity index (χ0n) is 15.9. The number of amides is 1. The molecular weight excluding hydrogens is 358 g/mol. The number of hydrogen-bond donors (Lipinski definition) is 0. The summed E-state index contributed by atoms with van der Waals surface area (Å²) >= 11 is 6.30. The Morgan fingerprint density at radius 3 is 2.56 bits per heavy atom. The minimum Gasteiger partial charge on any atom is -0.334 e. The fourth-order valence-electron chi connectivity index (χ4n) is 3.81. The van der Waals surface area contributed by atoms with Gasteiger partial charge in [-0.2, -0.15) is 0 Å². The second kappa shape index (κ2) is 7.02. The molecule has 0 saturated heterocycles. The van der Waals surface area contributed by atoms with Gasteiger partial charge in [-0.3, -0.25) is 4.79 Å². The van der Waals surface area contributed by atoms with Crippen LogP contribution in [0.1, 0.15) is 17.4 Å². The molecule has 1 amide bonds. The van der Waals surface area contributed by atoms with Crippen LogP contribution in [0.15, 0.2) is 48.5 Å². The first-order chi connectivity index (χ1) is 13.0. The van der Waals surface area contributed by atoms with Crippen LogP contribution in [0.4, 0.5) is 0 Å². The zero-order valence-corrected chi connectivity index (χ0v) is 16.7. The summed E-state index contributed by atoms with van der Waals surface area (Å²) in [6, 6.07) is 16.3. The lowest BCUT2D eigenvalue weighted by molar-refractivity contribution is 0.0664. The minimum absolute atomic E-state index is 0.0983. The van der Waals surface area contributed by atoms with Gasteiger partial charge < -0.3 is 14.4 Å². The summed E-state index contributed by atoms with van der Waals surface area (Å²) in [7, 11) is 4.10. The van der Waals surface area contributed by atoms with Crippen molar-refractivity contribution in [1.29, 1.82) is 0 Å². The van der Waals surface area contributed by atoms with E-state index in [0.29, 0.717) is 11.1 Å². The average Bonchev–Trinajstić information content (AvgIpc) is 2.98. The van der Waals surface area contributed by atoms with E-state index in [2.05, 4.69) is 28.5 Å². The van der Waals surface area contributed by atoms with Crippen molar-refractivity contribution >= 4 is 28.4 Å². The SMILES string of the molecule is CC(CN1CCn2c(c(-c3ccccc3)c3cc(Cl)ccc32)C1=O)N(C)C. The fourth-order valence-corrected chi connectivity index (χ4v) is 3.98. The van der Waals surface area contributed by atoms with E-state index in [-0.39, 0.29) is 5.91 Å². The number of nitrogens with zero attached hydrogens (tertiary/aromatic N) is 3. The van der Waals surface area contributed by atoms with Gasteiger partial charge in [-0.1, -0.05) is 41.9 Å². The first kappa shape index (κ1) is 18.1. The minimum atomic E-state index is 0.0983. The number of rotatable bonds is 4. The molecule has 1 atom stereocenters. The molecule has 1 aliphatic heterocycles. The number of benzene rings is 2. The highest BCUT2D eigenvalue weighted by atomic mass is 35.5. The van der Waals surface area contributed by atoms with Crippen LogP contribution >= 0.6 is 11.6 Å². The molecule has 1 unspecified atom stereocenters. The van der Waals surface area contributed by atoms with Crippen molar-refractivity contribution in [3.63, 3.8) is 0 Å². The molecular formula is C22H24ClN3O. The monoisotopic (exact) mass is 381 g/mol. The largest absolute Gasteiger partial charge is 0.334 e. The second-order valence-corrected chi connectivity index (χ2v) is 7.90. The molecule has 0 aliphatic carbocycles. The van der Waals surface area contributed by atoms with Crippen molar-refractivity contribution in [2.75, 3.05) is 27.2 Å². The van der Waals surface area contributed by atoms with Gasteiger partial charge in [0.05, 0.1) is 0 Å². The third kappa shape index (κ3) is 3.13. The predicted octanol–water partition coefficient (Wildman–Crippen LogP) is 4.37. The highest BCUT2D eigenvalue weighted by molar-refractivity contribution is 6.31. The topological polar surface area (TPSA) is 28.5 Å². The molecule has 27 heavy (non-hydrogen) atoms. The van der Waals surface area contributed by atoms with Gasteiger partial charge >= 0.3 is 0 Å². The predicted molar refractivity (Wildman–Crippen MR) is 111 cm³/mol. The Bertz CT molecular complexity index is 994. The molecule has 0 N–H and O–H groups in total. The lowest BCUT2D eigenvalue weighted by Gasteiger charge is -2.33. The number of aromatic nitrogens is 1. The van der Waals surface area contributed by atoms with Crippen LogP contribution in [0.5, 0.6) is 0 Å². The van der Waals surface area contributed by atoms with Gasteiger partial charge in [0, 0.05) is 47.2 Å². The molecule has 0 radical (unpaired) electrons. The van der Waals surface area contributed by atoms with E-state index in [9.17, 15) is 4.79 Å². The molecule has 5 heteroatoms. The summed E-state index contributed by atoms with van der Waals surface area (Å²) < 4.78 is 2.16. The summed E-state index contributed by atoms with van der Waals surface area (Å²) in [4.78, 5) is 17.6. The van der Waals surface area contributed by atoms with E-state index in [1.165, 1.54) is 0 Å². The summed E-state index contributed by atoms with van der Waals surface area (Å²) in [5.74, 6) is 0.0983. The molecule has 1 aromatic heterocycles. The maximum atomic E-state index is 13.5. The molecule has 3 aromatic rings. The molecule has 4 rings (SSSR count). The highest BCUT2D eigenvalue weighted by Gasteiger charge is 2.32. The average molecular weight is 382 g/mol. The van der Waals surface area contributed by atoms with E-state index < -0.39 is 0 Å². The van der Waals surface area contributed by atoms with Crippen molar-refractivity contribution in [2.45, 2.75) is 19.5 Å². The van der Waals surface area contributed by atoms with E-state index in [4.69, 9.17) is 11.6 Å². The lowest BCUT2D eigenvalue weighted by Crippen LogP contribution is -2.46. The van der Waals surface area contributed by atoms with Gasteiger partial charge in [0.1, 0.15) is 5.69 Å². The van der Waals surface area contributed by atoms with Gasteiger partial charge in [-0.15, -0.1) is 0 Å². The summed E-state index contributed by atoms with van der Waals surface area (Å²) in [6.07, 6.45) is 0. The third-order valence-corrected chi connectivity index (χ3v) is 5.77. The Hall–Kier alpha value is -2.30. The standard InChI is InChI=1S/C22H24ClN3O/c1-15(24(2)3)14-25-11-12-26-19-10-9-17(23)13-18(19)20(21(26)22(25)27)16-7-5-4-6-8-16/h4-10,13,15H,11-12,14H2,1-3H3. The number of hydrogen-bond acceptors (Lipinski definition) is 2. The quantitative estimate of drug-likeness (QED) is 0.671. The molecule has 1 aliphatic rings. The number of carbonyl (C=O) groups excluding carboxylic acids is 1. The summed E-state index contributed by atoms with van der Waals surface area (Å²) in [5, 5.41) is 1.73. The Labute approximate surface area is 164 Å².